The summed E-state index contributed by atoms with van der Waals surface area (Å²) in [4.78, 5) is 5.44. The van der Waals surface area contributed by atoms with Crippen molar-refractivity contribution in [3.05, 3.63) is 24.5 Å². The van der Waals surface area contributed by atoms with Crippen LogP contribution in [0.4, 0.5) is 14.5 Å². The first-order valence-electron chi connectivity index (χ1n) is 3.70. The van der Waals surface area contributed by atoms with Gasteiger partial charge in [-0.3, -0.25) is 4.98 Å². The Labute approximate surface area is 68.8 Å². The summed E-state index contributed by atoms with van der Waals surface area (Å²) in [5.74, 6) is -2.50. The summed E-state index contributed by atoms with van der Waals surface area (Å²) in [6, 6.07) is 3.46. The summed E-state index contributed by atoms with van der Waals surface area (Å²) in [6.45, 7) is -0.339. The molecule has 4 heteroatoms. The molecule has 0 aromatic carbocycles. The average molecular weight is 170 g/mol. The lowest BCUT2D eigenvalue weighted by atomic mass is 10.1. The molecule has 1 fully saturated rings. The maximum absolute atomic E-state index is 12.4. The van der Waals surface area contributed by atoms with E-state index < -0.39 is 5.92 Å². The van der Waals surface area contributed by atoms with Crippen LogP contribution < -0.4 is 4.90 Å². The molecule has 12 heavy (non-hydrogen) atoms. The number of nitrogens with zero attached hydrogens (tertiary/aromatic N) is 2. The summed E-state index contributed by atoms with van der Waals surface area (Å²) in [6.07, 6.45) is 3.21. The Bertz CT molecular complexity index is 266. The first-order valence-corrected chi connectivity index (χ1v) is 3.70. The van der Waals surface area contributed by atoms with Gasteiger partial charge in [0.25, 0.3) is 5.92 Å². The molecule has 0 bridgehead atoms. The zero-order valence-electron chi connectivity index (χ0n) is 6.37. The van der Waals surface area contributed by atoms with E-state index in [9.17, 15) is 8.78 Å². The number of halogens is 2. The molecule has 0 amide bonds. The third-order valence-electron chi connectivity index (χ3n) is 1.87. The number of aromatic nitrogens is 1. The van der Waals surface area contributed by atoms with Crippen molar-refractivity contribution in [2.24, 2.45) is 0 Å². The molecule has 0 unspecified atom stereocenters. The van der Waals surface area contributed by atoms with Crippen LogP contribution in [0, 0.1) is 0 Å². The van der Waals surface area contributed by atoms with Crippen molar-refractivity contribution in [1.82, 2.24) is 4.98 Å². The van der Waals surface area contributed by atoms with E-state index in [-0.39, 0.29) is 13.1 Å². The van der Waals surface area contributed by atoms with Gasteiger partial charge in [-0.05, 0) is 12.1 Å². The number of hydrogen-bond donors (Lipinski definition) is 0. The highest BCUT2D eigenvalue weighted by Crippen LogP contribution is 2.30. The van der Waals surface area contributed by atoms with Crippen molar-refractivity contribution >= 4 is 5.69 Å². The van der Waals surface area contributed by atoms with Crippen LogP contribution in [0.2, 0.25) is 0 Å². The highest BCUT2D eigenvalue weighted by atomic mass is 19.3. The molecule has 2 rings (SSSR count). The molecule has 2 heterocycles. The minimum atomic E-state index is -2.50. The van der Waals surface area contributed by atoms with Gasteiger partial charge in [-0.15, -0.1) is 0 Å². The van der Waals surface area contributed by atoms with Gasteiger partial charge in [-0.25, -0.2) is 8.78 Å². The Morgan fingerprint density at radius 3 is 2.33 bits per heavy atom. The van der Waals surface area contributed by atoms with Crippen LogP contribution in [0.15, 0.2) is 24.5 Å². The molecule has 1 aromatic heterocycles. The van der Waals surface area contributed by atoms with Gasteiger partial charge in [0, 0.05) is 18.1 Å². The van der Waals surface area contributed by atoms with Gasteiger partial charge in [0.2, 0.25) is 0 Å². The molecule has 0 radical (unpaired) electrons. The molecule has 0 aliphatic carbocycles. The Kier molecular flexibility index (Phi) is 1.49. The molecule has 0 spiro atoms. The summed E-state index contributed by atoms with van der Waals surface area (Å²) < 4.78 is 24.8. The van der Waals surface area contributed by atoms with Crippen molar-refractivity contribution < 1.29 is 8.78 Å². The van der Waals surface area contributed by atoms with E-state index in [1.165, 1.54) is 0 Å². The SMILES string of the molecule is FC1(F)CN(c2ccncc2)C1. The number of rotatable bonds is 1. The van der Waals surface area contributed by atoms with Crippen LogP contribution >= 0.6 is 0 Å². The zero-order chi connectivity index (χ0) is 8.60. The van der Waals surface area contributed by atoms with Gasteiger partial charge in [0.05, 0.1) is 13.1 Å². The zero-order valence-corrected chi connectivity index (χ0v) is 6.37. The predicted octanol–water partition coefficient (Wildman–Crippen LogP) is 1.54. The summed E-state index contributed by atoms with van der Waals surface area (Å²) >= 11 is 0. The highest BCUT2D eigenvalue weighted by Gasteiger charge is 2.43. The van der Waals surface area contributed by atoms with Crippen molar-refractivity contribution in [3.63, 3.8) is 0 Å². The first-order chi connectivity index (χ1) is 5.67. The summed E-state index contributed by atoms with van der Waals surface area (Å²) in [5.41, 5.74) is 0.816. The second kappa shape index (κ2) is 2.40. The van der Waals surface area contributed by atoms with Crippen molar-refractivity contribution in [1.29, 1.82) is 0 Å². The van der Waals surface area contributed by atoms with E-state index in [2.05, 4.69) is 4.98 Å². The molecule has 1 aromatic rings. The number of alkyl halides is 2. The smallest absolute Gasteiger partial charge is 0.282 e. The van der Waals surface area contributed by atoms with Gasteiger partial charge in [0.15, 0.2) is 0 Å². The quantitative estimate of drug-likeness (QED) is 0.635. The van der Waals surface area contributed by atoms with Crippen molar-refractivity contribution in [3.8, 4) is 0 Å². The van der Waals surface area contributed by atoms with Crippen molar-refractivity contribution in [2.75, 3.05) is 18.0 Å². The molecule has 1 aliphatic rings. The third kappa shape index (κ3) is 1.24. The number of anilines is 1. The summed E-state index contributed by atoms with van der Waals surface area (Å²) in [5, 5.41) is 0. The maximum Gasteiger partial charge on any atom is 0.282 e. The van der Waals surface area contributed by atoms with Gasteiger partial charge < -0.3 is 4.90 Å². The van der Waals surface area contributed by atoms with E-state index in [4.69, 9.17) is 0 Å². The Hall–Kier alpha value is -1.19. The van der Waals surface area contributed by atoms with Gasteiger partial charge in [-0.1, -0.05) is 0 Å². The molecule has 0 N–H and O–H groups in total. The number of hydrogen-bond acceptors (Lipinski definition) is 2. The summed E-state index contributed by atoms with van der Waals surface area (Å²) in [7, 11) is 0. The minimum Gasteiger partial charge on any atom is -0.359 e. The van der Waals surface area contributed by atoms with Crippen LogP contribution in [-0.4, -0.2) is 24.0 Å². The van der Waals surface area contributed by atoms with Crippen molar-refractivity contribution in [2.45, 2.75) is 5.92 Å². The van der Waals surface area contributed by atoms with E-state index in [0.717, 1.165) is 5.69 Å². The second-order valence-corrected chi connectivity index (χ2v) is 2.92. The van der Waals surface area contributed by atoms with Crippen LogP contribution in [0.1, 0.15) is 0 Å². The molecule has 0 saturated carbocycles. The predicted molar refractivity (Wildman–Crippen MR) is 41.4 cm³/mol. The van der Waals surface area contributed by atoms with Gasteiger partial charge in [0.1, 0.15) is 0 Å². The van der Waals surface area contributed by atoms with Crippen LogP contribution in [-0.2, 0) is 0 Å². The lowest BCUT2D eigenvalue weighted by Crippen LogP contribution is -2.56. The normalized spacial score (nSPS) is 20.3. The first kappa shape index (κ1) is 7.46. The minimum absolute atomic E-state index is 0.170. The van der Waals surface area contributed by atoms with E-state index in [1.54, 1.807) is 29.4 Å². The average Bonchev–Trinajstić information content (AvgIpc) is 2.02. The Morgan fingerprint density at radius 1 is 1.25 bits per heavy atom. The lowest BCUT2D eigenvalue weighted by molar-refractivity contribution is -0.0262. The van der Waals surface area contributed by atoms with Crippen LogP contribution in [0.3, 0.4) is 0 Å². The van der Waals surface area contributed by atoms with Gasteiger partial charge in [-0.2, -0.15) is 0 Å². The Balaban J connectivity index is 2.06. The fraction of sp³-hybridized carbons (Fsp3) is 0.375. The molecule has 64 valence electrons. The fourth-order valence-electron chi connectivity index (χ4n) is 1.25. The van der Waals surface area contributed by atoms with Crippen LogP contribution in [0.25, 0.3) is 0 Å². The molecular formula is C8H8F2N2. The molecular weight excluding hydrogens is 162 g/mol. The number of pyridine rings is 1. The van der Waals surface area contributed by atoms with E-state index in [1.807, 2.05) is 0 Å². The molecule has 2 nitrogen and oxygen atoms in total. The molecule has 0 atom stereocenters. The lowest BCUT2D eigenvalue weighted by Gasteiger charge is -2.40. The van der Waals surface area contributed by atoms with Gasteiger partial charge >= 0.3 is 0 Å². The Morgan fingerprint density at radius 2 is 1.83 bits per heavy atom. The second-order valence-electron chi connectivity index (χ2n) is 2.92. The third-order valence-corrected chi connectivity index (χ3v) is 1.87. The van der Waals surface area contributed by atoms with E-state index >= 15 is 0 Å². The topological polar surface area (TPSA) is 16.1 Å². The molecule has 1 aliphatic heterocycles. The maximum atomic E-state index is 12.4. The van der Waals surface area contributed by atoms with Crippen LogP contribution in [0.5, 0.6) is 0 Å². The molecule has 1 saturated heterocycles. The standard InChI is InChI=1S/C8H8F2N2/c9-8(10)5-12(6-8)7-1-3-11-4-2-7/h1-4H,5-6H2. The monoisotopic (exact) mass is 170 g/mol. The largest absolute Gasteiger partial charge is 0.359 e. The fourth-order valence-corrected chi connectivity index (χ4v) is 1.25. The van der Waals surface area contributed by atoms with E-state index in [0.29, 0.717) is 0 Å². The highest BCUT2D eigenvalue weighted by molar-refractivity contribution is 5.48.